The van der Waals surface area contributed by atoms with Crippen LogP contribution in [-0.4, -0.2) is 11.6 Å². The van der Waals surface area contributed by atoms with Crippen molar-refractivity contribution in [1.29, 1.82) is 0 Å². The molecule has 0 N–H and O–H groups in total. The van der Waals surface area contributed by atoms with Gasteiger partial charge in [0.15, 0.2) is 0 Å². The van der Waals surface area contributed by atoms with Crippen LogP contribution < -0.4 is 0 Å². The van der Waals surface area contributed by atoms with Crippen LogP contribution in [0.25, 0.3) is 16.7 Å². The summed E-state index contributed by atoms with van der Waals surface area (Å²) in [7, 11) is 0. The van der Waals surface area contributed by atoms with E-state index in [-0.39, 0.29) is 0 Å². The number of aromatic nitrogens is 1. The summed E-state index contributed by atoms with van der Waals surface area (Å²) in [5, 5.41) is 1.51. The molecular weight excluding hydrogens is 302 g/mol. The Kier molecular flexibility index (Phi) is 3.69. The van der Waals surface area contributed by atoms with Crippen molar-refractivity contribution in [2.45, 2.75) is 6.92 Å². The Morgan fingerprint density at radius 1 is 1.53 bits per heavy atom. The third-order valence-corrected chi connectivity index (χ3v) is 3.28. The molecule has 0 aliphatic carbocycles. The molecule has 1 heterocycles. The van der Waals surface area contributed by atoms with Crippen LogP contribution in [0.3, 0.4) is 0 Å². The zero-order valence-electron chi connectivity index (χ0n) is 9.34. The molecule has 1 aromatic carbocycles. The van der Waals surface area contributed by atoms with Gasteiger partial charge in [-0.3, -0.25) is 4.98 Å². The van der Waals surface area contributed by atoms with Crippen LogP contribution in [0.15, 0.2) is 35.4 Å². The highest BCUT2D eigenvalue weighted by Crippen LogP contribution is 2.31. The Bertz CT molecular complexity index is 583. The lowest BCUT2D eigenvalue weighted by Crippen LogP contribution is -1.93. The van der Waals surface area contributed by atoms with Gasteiger partial charge in [0.05, 0.1) is 22.7 Å². The summed E-state index contributed by atoms with van der Waals surface area (Å²) in [4.78, 5) is 4.34. The predicted molar refractivity (Wildman–Crippen MR) is 75.1 cm³/mol. The van der Waals surface area contributed by atoms with Crippen LogP contribution in [-0.2, 0) is 4.74 Å². The smallest absolute Gasteiger partial charge is 0.122 e. The first-order chi connectivity index (χ1) is 8.13. The van der Waals surface area contributed by atoms with Crippen LogP contribution in [0.4, 0.5) is 0 Å². The van der Waals surface area contributed by atoms with Gasteiger partial charge in [0.2, 0.25) is 0 Å². The molecule has 2 rings (SSSR count). The monoisotopic (exact) mass is 311 g/mol. The number of pyridine rings is 1. The van der Waals surface area contributed by atoms with E-state index in [1.165, 1.54) is 0 Å². The minimum absolute atomic E-state index is 0.548. The van der Waals surface area contributed by atoms with Crippen molar-refractivity contribution in [3.63, 3.8) is 0 Å². The summed E-state index contributed by atoms with van der Waals surface area (Å²) in [5.74, 6) is 0.548. The van der Waals surface area contributed by atoms with Gasteiger partial charge in [0.25, 0.3) is 0 Å². The van der Waals surface area contributed by atoms with Gasteiger partial charge in [-0.1, -0.05) is 34.1 Å². The summed E-state index contributed by atoms with van der Waals surface area (Å²) in [6, 6.07) is 5.79. The summed E-state index contributed by atoms with van der Waals surface area (Å²) in [6.07, 6.45) is 1.69. The van der Waals surface area contributed by atoms with Crippen LogP contribution in [0, 0.1) is 0 Å². The molecule has 0 saturated carbocycles. The Balaban J connectivity index is 2.60. The van der Waals surface area contributed by atoms with Gasteiger partial charge in [0.1, 0.15) is 5.76 Å². The molecular formula is C13H11BrClNO. The number of nitrogens with zero attached hydrogens (tertiary/aromatic N) is 1. The fourth-order valence-electron chi connectivity index (χ4n) is 1.58. The highest BCUT2D eigenvalue weighted by Gasteiger charge is 2.10. The van der Waals surface area contributed by atoms with E-state index in [0.717, 1.165) is 20.9 Å². The zero-order valence-corrected chi connectivity index (χ0v) is 11.7. The van der Waals surface area contributed by atoms with Gasteiger partial charge in [-0.2, -0.15) is 0 Å². The Morgan fingerprint density at radius 3 is 3.00 bits per heavy atom. The minimum atomic E-state index is 0.548. The molecule has 0 aliphatic rings. The summed E-state index contributed by atoms with van der Waals surface area (Å²) in [6.45, 7) is 6.31. The van der Waals surface area contributed by atoms with Gasteiger partial charge in [-0.15, -0.1) is 0 Å². The standard InChI is InChI=1S/C13H11BrClNO/c1-3-17-8(2)11-7-16-12-5-4-9(14)6-10(12)13(11)15/h4-7H,2-3H2,1H3. The number of hydrogen-bond acceptors (Lipinski definition) is 2. The van der Waals surface area contributed by atoms with E-state index in [9.17, 15) is 0 Å². The van der Waals surface area contributed by atoms with Crippen molar-refractivity contribution in [2.24, 2.45) is 0 Å². The van der Waals surface area contributed by atoms with E-state index in [1.54, 1.807) is 6.20 Å². The second kappa shape index (κ2) is 5.07. The Hall–Kier alpha value is -1.06. The molecule has 4 heteroatoms. The first-order valence-electron chi connectivity index (χ1n) is 5.19. The molecule has 17 heavy (non-hydrogen) atoms. The maximum Gasteiger partial charge on any atom is 0.122 e. The van der Waals surface area contributed by atoms with E-state index < -0.39 is 0 Å². The van der Waals surface area contributed by atoms with Gasteiger partial charge in [-0.05, 0) is 25.1 Å². The molecule has 2 nitrogen and oxygen atoms in total. The van der Waals surface area contributed by atoms with E-state index >= 15 is 0 Å². The minimum Gasteiger partial charge on any atom is -0.494 e. The maximum atomic E-state index is 6.34. The first-order valence-corrected chi connectivity index (χ1v) is 6.36. The van der Waals surface area contributed by atoms with Crippen molar-refractivity contribution in [1.82, 2.24) is 4.98 Å². The molecule has 88 valence electrons. The van der Waals surface area contributed by atoms with Gasteiger partial charge in [0, 0.05) is 16.1 Å². The Labute approximate surface area is 113 Å². The van der Waals surface area contributed by atoms with E-state index in [4.69, 9.17) is 16.3 Å². The normalized spacial score (nSPS) is 10.5. The summed E-state index contributed by atoms with van der Waals surface area (Å²) >= 11 is 9.76. The molecule has 1 aromatic heterocycles. The third kappa shape index (κ3) is 2.45. The average Bonchev–Trinajstić information content (AvgIpc) is 2.30. The van der Waals surface area contributed by atoms with Crippen molar-refractivity contribution >= 4 is 44.2 Å². The van der Waals surface area contributed by atoms with Crippen LogP contribution in [0.5, 0.6) is 0 Å². The largest absolute Gasteiger partial charge is 0.494 e. The third-order valence-electron chi connectivity index (χ3n) is 2.38. The fraction of sp³-hybridized carbons (Fsp3) is 0.154. The summed E-state index contributed by atoms with van der Waals surface area (Å²) < 4.78 is 6.32. The molecule has 0 amide bonds. The zero-order chi connectivity index (χ0) is 12.4. The van der Waals surface area contributed by atoms with E-state index in [2.05, 4.69) is 27.5 Å². The number of fused-ring (bicyclic) bond motifs is 1. The Morgan fingerprint density at radius 2 is 2.29 bits per heavy atom. The number of halogens is 2. The van der Waals surface area contributed by atoms with Crippen molar-refractivity contribution in [3.8, 4) is 0 Å². The summed E-state index contributed by atoms with van der Waals surface area (Å²) in [5.41, 5.74) is 1.59. The van der Waals surface area contributed by atoms with Crippen LogP contribution in [0.1, 0.15) is 12.5 Å². The van der Waals surface area contributed by atoms with Crippen molar-refractivity contribution in [3.05, 3.63) is 46.0 Å². The van der Waals surface area contributed by atoms with E-state index in [1.807, 2.05) is 25.1 Å². The number of hydrogen-bond donors (Lipinski definition) is 0. The molecule has 0 radical (unpaired) electrons. The lowest BCUT2D eigenvalue weighted by Gasteiger charge is -2.10. The molecule has 0 saturated heterocycles. The lowest BCUT2D eigenvalue weighted by molar-refractivity contribution is 0.299. The number of benzene rings is 1. The molecule has 2 aromatic rings. The number of rotatable bonds is 3. The second-order valence-electron chi connectivity index (χ2n) is 3.50. The van der Waals surface area contributed by atoms with E-state index in [0.29, 0.717) is 17.4 Å². The number of ether oxygens (including phenoxy) is 1. The van der Waals surface area contributed by atoms with Gasteiger partial charge in [-0.25, -0.2) is 0 Å². The van der Waals surface area contributed by atoms with Crippen LogP contribution >= 0.6 is 27.5 Å². The molecule has 0 unspecified atom stereocenters. The lowest BCUT2D eigenvalue weighted by atomic mass is 10.1. The fourth-order valence-corrected chi connectivity index (χ4v) is 2.25. The molecule has 0 fully saturated rings. The van der Waals surface area contributed by atoms with Gasteiger partial charge >= 0.3 is 0 Å². The first kappa shape index (κ1) is 12.4. The molecule has 0 bridgehead atoms. The quantitative estimate of drug-likeness (QED) is 0.769. The van der Waals surface area contributed by atoms with Gasteiger partial charge < -0.3 is 4.74 Å². The highest BCUT2D eigenvalue weighted by atomic mass is 79.9. The van der Waals surface area contributed by atoms with Crippen LogP contribution in [0.2, 0.25) is 5.02 Å². The molecule has 0 atom stereocenters. The topological polar surface area (TPSA) is 22.1 Å². The molecule has 0 spiro atoms. The van der Waals surface area contributed by atoms with Crippen molar-refractivity contribution in [2.75, 3.05) is 6.61 Å². The molecule has 0 aliphatic heterocycles. The SMILES string of the molecule is C=C(OCC)c1cnc2ccc(Br)cc2c1Cl. The highest BCUT2D eigenvalue weighted by molar-refractivity contribution is 9.10. The van der Waals surface area contributed by atoms with Crippen molar-refractivity contribution < 1.29 is 4.74 Å². The second-order valence-corrected chi connectivity index (χ2v) is 4.80. The predicted octanol–water partition coefficient (Wildman–Crippen LogP) is 4.66. The average molecular weight is 313 g/mol. The maximum absolute atomic E-state index is 6.34.